The van der Waals surface area contributed by atoms with Crippen LogP contribution in [-0.4, -0.2) is 42.8 Å². The highest BCUT2D eigenvalue weighted by atomic mass is 32.2. The van der Waals surface area contributed by atoms with E-state index in [9.17, 15) is 14.4 Å². The third kappa shape index (κ3) is 4.41. The third-order valence-electron chi connectivity index (χ3n) is 14.7. The monoisotopic (exact) mass is 599 g/mol. The SMILES string of the molecule is C=C(C)[C@@H]1CC[C@]2(C(=O)N[C@@H](CCSC)C(=O)OC)CC[C@@]3(C)[C@H](CC[C@@H]4[C@@]5(C)CCC(=O)C(C)(C)[C@@H]5CC[C@]43C)[C@@H]12. The second kappa shape index (κ2) is 10.9. The Morgan fingerprint density at radius 1 is 0.976 bits per heavy atom. The van der Waals surface area contributed by atoms with Crippen LogP contribution in [0.1, 0.15) is 112 Å². The molecule has 0 bridgehead atoms. The van der Waals surface area contributed by atoms with Gasteiger partial charge in [0.15, 0.2) is 0 Å². The standard InChI is InChI=1S/C36H57NO4S/c1-22(2)23-12-18-36(31(40)37-25(15-21-42-9)30(39)41-8)20-19-34(6)24(29(23)36)10-11-27-33(5)16-14-28(38)32(3,4)26(33)13-17-35(27,34)7/h23-27,29H,1,10-21H2,2-9H3,(H,37,40)/t23-,24+,25-,26-,27+,29+,33-,34-,35+,36-/m0/s1. The maximum Gasteiger partial charge on any atom is 0.328 e. The first-order valence-electron chi connectivity index (χ1n) is 16.7. The topological polar surface area (TPSA) is 72.5 Å². The van der Waals surface area contributed by atoms with E-state index in [1.807, 2.05) is 6.26 Å². The van der Waals surface area contributed by atoms with E-state index >= 15 is 0 Å². The molecular formula is C36H57NO4S. The van der Waals surface area contributed by atoms with E-state index in [2.05, 4.69) is 53.4 Å². The number of ether oxygens (including phenoxy) is 1. The molecule has 0 aromatic rings. The summed E-state index contributed by atoms with van der Waals surface area (Å²) < 4.78 is 5.12. The normalized spacial score (nSPS) is 44.6. The summed E-state index contributed by atoms with van der Waals surface area (Å²) in [6, 6.07) is -0.594. The summed E-state index contributed by atoms with van der Waals surface area (Å²) in [5.41, 5.74) is 0.996. The van der Waals surface area contributed by atoms with Crippen molar-refractivity contribution in [2.45, 2.75) is 118 Å². The molecule has 5 nitrogen and oxygen atoms in total. The van der Waals surface area contributed by atoms with Gasteiger partial charge in [-0.25, -0.2) is 4.79 Å². The molecule has 0 radical (unpaired) electrons. The number of carbonyl (C=O) groups is 3. The molecule has 5 aliphatic carbocycles. The summed E-state index contributed by atoms with van der Waals surface area (Å²) in [6.07, 6.45) is 12.8. The average molecular weight is 600 g/mol. The van der Waals surface area contributed by atoms with Crippen LogP contribution >= 0.6 is 11.8 Å². The molecule has 0 unspecified atom stereocenters. The molecule has 0 aromatic carbocycles. The van der Waals surface area contributed by atoms with Crippen LogP contribution in [-0.2, 0) is 19.1 Å². The zero-order chi connectivity index (χ0) is 30.9. The van der Waals surface area contributed by atoms with Crippen LogP contribution in [0.2, 0.25) is 0 Å². The van der Waals surface area contributed by atoms with E-state index in [1.165, 1.54) is 25.5 Å². The number of Topliss-reactive ketones (excluding diaryl/α,β-unsaturated/α-hetero) is 1. The minimum Gasteiger partial charge on any atom is -0.467 e. The fraction of sp³-hybridized carbons (Fsp3) is 0.861. The van der Waals surface area contributed by atoms with Gasteiger partial charge in [0.2, 0.25) is 5.91 Å². The molecule has 0 spiro atoms. The Bertz CT molecular complexity index is 1130. The first kappa shape index (κ1) is 32.1. The van der Waals surface area contributed by atoms with E-state index in [0.29, 0.717) is 42.3 Å². The zero-order valence-corrected chi connectivity index (χ0v) is 28.5. The average Bonchev–Trinajstić information content (AvgIpc) is 3.34. The van der Waals surface area contributed by atoms with Gasteiger partial charge in [0.1, 0.15) is 11.8 Å². The van der Waals surface area contributed by atoms with Crippen molar-refractivity contribution in [3.63, 3.8) is 0 Å². The number of hydrogen-bond donors (Lipinski definition) is 1. The first-order valence-corrected chi connectivity index (χ1v) is 18.1. The Morgan fingerprint density at radius 3 is 2.33 bits per heavy atom. The zero-order valence-electron chi connectivity index (χ0n) is 27.7. The number of ketones is 1. The number of thioether (sulfide) groups is 1. The van der Waals surface area contributed by atoms with Crippen LogP contribution in [0.25, 0.3) is 0 Å². The smallest absolute Gasteiger partial charge is 0.328 e. The number of amides is 1. The highest BCUT2D eigenvalue weighted by Gasteiger charge is 2.72. The first-order chi connectivity index (χ1) is 19.6. The van der Waals surface area contributed by atoms with E-state index in [1.54, 1.807) is 11.8 Å². The Labute approximate surface area is 259 Å². The molecule has 0 saturated heterocycles. The van der Waals surface area contributed by atoms with Crippen LogP contribution < -0.4 is 5.32 Å². The summed E-state index contributed by atoms with van der Waals surface area (Å²) in [7, 11) is 1.41. The number of fused-ring (bicyclic) bond motifs is 7. The molecule has 5 aliphatic rings. The van der Waals surface area contributed by atoms with E-state index in [4.69, 9.17) is 4.74 Å². The maximum absolute atomic E-state index is 14.5. The van der Waals surface area contributed by atoms with Gasteiger partial charge in [0.05, 0.1) is 12.5 Å². The van der Waals surface area contributed by atoms with Crippen molar-refractivity contribution >= 4 is 29.4 Å². The molecule has 6 heteroatoms. The number of hydrogen-bond acceptors (Lipinski definition) is 5. The highest BCUT2D eigenvalue weighted by molar-refractivity contribution is 7.98. The van der Waals surface area contributed by atoms with Gasteiger partial charge in [0, 0.05) is 11.8 Å². The molecule has 10 atom stereocenters. The molecule has 5 fully saturated rings. The lowest BCUT2D eigenvalue weighted by Gasteiger charge is -2.72. The van der Waals surface area contributed by atoms with Gasteiger partial charge >= 0.3 is 5.97 Å². The lowest BCUT2D eigenvalue weighted by molar-refractivity contribution is -0.233. The van der Waals surface area contributed by atoms with Gasteiger partial charge in [-0.3, -0.25) is 9.59 Å². The van der Waals surface area contributed by atoms with Gasteiger partial charge in [0.25, 0.3) is 0 Å². The van der Waals surface area contributed by atoms with Crippen LogP contribution in [0.15, 0.2) is 12.2 Å². The summed E-state index contributed by atoms with van der Waals surface area (Å²) in [5.74, 6) is 3.07. The lowest BCUT2D eigenvalue weighted by atomic mass is 9.32. The molecule has 0 aromatic heterocycles. The molecule has 5 saturated carbocycles. The van der Waals surface area contributed by atoms with E-state index < -0.39 is 11.5 Å². The van der Waals surface area contributed by atoms with Crippen LogP contribution in [0, 0.1) is 56.7 Å². The Kier molecular flexibility index (Phi) is 8.37. The Morgan fingerprint density at radius 2 is 1.69 bits per heavy atom. The van der Waals surface area contributed by atoms with Crippen molar-refractivity contribution in [1.82, 2.24) is 5.32 Å². The number of methoxy groups -OCH3 is 1. The summed E-state index contributed by atoms with van der Waals surface area (Å²) >= 11 is 1.68. The van der Waals surface area contributed by atoms with Crippen molar-refractivity contribution in [3.8, 4) is 0 Å². The molecule has 5 rings (SSSR count). The predicted molar refractivity (Wildman–Crippen MR) is 171 cm³/mol. The summed E-state index contributed by atoms with van der Waals surface area (Å²) in [5, 5.41) is 3.24. The van der Waals surface area contributed by atoms with Crippen molar-refractivity contribution in [2.24, 2.45) is 56.7 Å². The van der Waals surface area contributed by atoms with E-state index in [0.717, 1.165) is 50.7 Å². The fourth-order valence-electron chi connectivity index (χ4n) is 12.3. The molecular weight excluding hydrogens is 542 g/mol. The molecule has 0 aliphatic heterocycles. The Balaban J connectivity index is 1.50. The van der Waals surface area contributed by atoms with Gasteiger partial charge in [-0.2, -0.15) is 11.8 Å². The Hall–Kier alpha value is -1.30. The summed E-state index contributed by atoms with van der Waals surface area (Å²) in [6.45, 7) is 18.8. The highest BCUT2D eigenvalue weighted by Crippen LogP contribution is 2.77. The lowest BCUT2D eigenvalue weighted by Crippen LogP contribution is -2.67. The van der Waals surface area contributed by atoms with E-state index in [-0.39, 0.29) is 39.5 Å². The van der Waals surface area contributed by atoms with Gasteiger partial charge < -0.3 is 10.1 Å². The molecule has 1 N–H and O–H groups in total. The number of nitrogens with one attached hydrogen (secondary N) is 1. The number of carbonyl (C=O) groups excluding carboxylic acids is 3. The van der Waals surface area contributed by atoms with Crippen LogP contribution in [0.5, 0.6) is 0 Å². The molecule has 1 amide bonds. The number of esters is 1. The van der Waals surface area contributed by atoms with Gasteiger partial charge in [-0.05, 0) is 129 Å². The largest absolute Gasteiger partial charge is 0.467 e. The second-order valence-electron chi connectivity index (χ2n) is 16.3. The minimum absolute atomic E-state index is 0.0743. The second-order valence-corrected chi connectivity index (χ2v) is 17.3. The van der Waals surface area contributed by atoms with Crippen molar-refractivity contribution < 1.29 is 19.1 Å². The predicted octanol–water partition coefficient (Wildman–Crippen LogP) is 7.62. The minimum atomic E-state index is -0.594. The van der Waals surface area contributed by atoms with Crippen molar-refractivity contribution in [2.75, 3.05) is 19.1 Å². The molecule has 236 valence electrons. The van der Waals surface area contributed by atoms with Crippen LogP contribution in [0.3, 0.4) is 0 Å². The third-order valence-corrected chi connectivity index (χ3v) is 15.3. The quantitative estimate of drug-likeness (QED) is 0.241. The van der Waals surface area contributed by atoms with Crippen molar-refractivity contribution in [3.05, 3.63) is 12.2 Å². The summed E-state index contributed by atoms with van der Waals surface area (Å²) in [4.78, 5) is 40.3. The van der Waals surface area contributed by atoms with Crippen molar-refractivity contribution in [1.29, 1.82) is 0 Å². The van der Waals surface area contributed by atoms with Gasteiger partial charge in [-0.1, -0.05) is 46.8 Å². The van der Waals surface area contributed by atoms with Gasteiger partial charge in [-0.15, -0.1) is 0 Å². The maximum atomic E-state index is 14.5. The number of rotatable bonds is 7. The fourth-order valence-corrected chi connectivity index (χ4v) is 12.7. The molecule has 42 heavy (non-hydrogen) atoms. The molecule has 0 heterocycles. The van der Waals surface area contributed by atoms with Crippen LogP contribution in [0.4, 0.5) is 0 Å². The number of allylic oxidation sites excluding steroid dienone is 1.